The third-order valence-corrected chi connectivity index (χ3v) is 6.37. The van der Waals surface area contributed by atoms with Gasteiger partial charge in [-0.1, -0.05) is 53.7 Å². The van der Waals surface area contributed by atoms with Crippen LogP contribution in [-0.4, -0.2) is 33.0 Å². The molecule has 4 aromatic rings. The number of aromatic nitrogens is 4. The summed E-state index contributed by atoms with van der Waals surface area (Å²) in [5, 5.41) is 10.4. The highest BCUT2D eigenvalue weighted by Crippen LogP contribution is 2.39. The molecule has 2 aromatic heterocycles. The maximum Gasteiger partial charge on any atom is 0.192 e. The van der Waals surface area contributed by atoms with Gasteiger partial charge in [-0.3, -0.25) is 9.55 Å². The molecule has 0 radical (unpaired) electrons. The Morgan fingerprint density at radius 3 is 2.69 bits per heavy atom. The zero-order valence-electron chi connectivity index (χ0n) is 17.3. The molecule has 1 aliphatic heterocycles. The zero-order valence-corrected chi connectivity index (χ0v) is 18.9. The minimum Gasteiger partial charge on any atom is -0.489 e. The number of halogens is 1. The fraction of sp³-hybridized carbons (Fsp3) is 0.208. The summed E-state index contributed by atoms with van der Waals surface area (Å²) >= 11 is 8.08. The van der Waals surface area contributed by atoms with E-state index in [0.29, 0.717) is 42.0 Å². The van der Waals surface area contributed by atoms with Gasteiger partial charge >= 0.3 is 0 Å². The summed E-state index contributed by atoms with van der Waals surface area (Å²) in [6.45, 7) is 1.91. The van der Waals surface area contributed by atoms with Gasteiger partial charge in [0.15, 0.2) is 22.5 Å². The van der Waals surface area contributed by atoms with Crippen molar-refractivity contribution < 1.29 is 9.47 Å². The summed E-state index contributed by atoms with van der Waals surface area (Å²) < 4.78 is 13.7. The monoisotopic (exact) mass is 464 g/mol. The van der Waals surface area contributed by atoms with Gasteiger partial charge in [-0.05, 0) is 35.4 Å². The van der Waals surface area contributed by atoms with E-state index >= 15 is 0 Å². The molecule has 0 amide bonds. The predicted octanol–water partition coefficient (Wildman–Crippen LogP) is 5.50. The molecule has 0 fully saturated rings. The van der Waals surface area contributed by atoms with E-state index in [9.17, 15) is 0 Å². The molecule has 0 unspecified atom stereocenters. The van der Waals surface area contributed by atoms with E-state index in [1.807, 2.05) is 48.7 Å². The number of nitrogens with zero attached hydrogens (tertiary/aromatic N) is 4. The largest absolute Gasteiger partial charge is 0.489 e. The van der Waals surface area contributed by atoms with Gasteiger partial charge in [0.05, 0.1) is 24.8 Å². The first-order chi connectivity index (χ1) is 15.8. The van der Waals surface area contributed by atoms with Gasteiger partial charge in [-0.25, -0.2) is 0 Å². The molecule has 162 valence electrons. The Morgan fingerprint density at radius 1 is 0.969 bits per heavy atom. The van der Waals surface area contributed by atoms with E-state index in [2.05, 4.69) is 31.9 Å². The first-order valence-corrected chi connectivity index (χ1v) is 11.7. The van der Waals surface area contributed by atoms with E-state index in [0.717, 1.165) is 28.5 Å². The molecular weight excluding hydrogens is 444 g/mol. The van der Waals surface area contributed by atoms with E-state index in [4.69, 9.17) is 21.1 Å². The summed E-state index contributed by atoms with van der Waals surface area (Å²) in [5.41, 5.74) is 3.15. The molecule has 0 N–H and O–H groups in total. The van der Waals surface area contributed by atoms with Crippen molar-refractivity contribution in [1.82, 2.24) is 19.7 Å². The number of thioether (sulfide) groups is 1. The molecular formula is C24H21ClN4O2S. The van der Waals surface area contributed by atoms with E-state index in [-0.39, 0.29) is 0 Å². The maximum atomic E-state index is 6.47. The first kappa shape index (κ1) is 20.8. The van der Waals surface area contributed by atoms with Crippen LogP contribution in [0.3, 0.4) is 0 Å². The molecule has 2 aromatic carbocycles. The highest BCUT2D eigenvalue weighted by Gasteiger charge is 2.18. The van der Waals surface area contributed by atoms with Crippen molar-refractivity contribution in [3.8, 4) is 22.9 Å². The molecule has 8 heteroatoms. The molecule has 0 aliphatic carbocycles. The molecule has 32 heavy (non-hydrogen) atoms. The predicted molar refractivity (Wildman–Crippen MR) is 125 cm³/mol. The number of hydrogen-bond acceptors (Lipinski definition) is 6. The van der Waals surface area contributed by atoms with Gasteiger partial charge in [0, 0.05) is 30.1 Å². The summed E-state index contributed by atoms with van der Waals surface area (Å²) in [5.74, 6) is 2.80. The van der Waals surface area contributed by atoms with Gasteiger partial charge in [0.25, 0.3) is 0 Å². The van der Waals surface area contributed by atoms with Crippen molar-refractivity contribution in [2.75, 3.05) is 13.2 Å². The zero-order chi connectivity index (χ0) is 21.8. The van der Waals surface area contributed by atoms with E-state index < -0.39 is 0 Å². The van der Waals surface area contributed by atoms with Crippen molar-refractivity contribution >= 4 is 23.4 Å². The Bertz CT molecular complexity index is 1200. The minimum atomic E-state index is 0.571. The van der Waals surface area contributed by atoms with E-state index in [1.165, 1.54) is 5.56 Å². The number of rotatable bonds is 6. The van der Waals surface area contributed by atoms with Crippen LogP contribution in [-0.2, 0) is 12.3 Å². The van der Waals surface area contributed by atoms with Crippen LogP contribution in [0.4, 0.5) is 0 Å². The van der Waals surface area contributed by atoms with Crippen LogP contribution in [0.15, 0.2) is 72.1 Å². The lowest BCUT2D eigenvalue weighted by atomic mass is 10.2. The van der Waals surface area contributed by atoms with Crippen LogP contribution in [0.1, 0.15) is 17.5 Å². The Hall–Kier alpha value is -3.03. The van der Waals surface area contributed by atoms with Crippen LogP contribution < -0.4 is 9.47 Å². The van der Waals surface area contributed by atoms with E-state index in [1.54, 1.807) is 18.0 Å². The highest BCUT2D eigenvalue weighted by atomic mass is 35.5. The third kappa shape index (κ3) is 4.59. The lowest BCUT2D eigenvalue weighted by molar-refractivity contribution is 0.297. The molecule has 0 saturated carbocycles. The highest BCUT2D eigenvalue weighted by molar-refractivity contribution is 7.98. The topological polar surface area (TPSA) is 62.1 Å². The standard InChI is InChI=1S/C24H21ClN4O2S/c25-20-12-18(13-21-22(20)31-11-5-10-30-21)16-32-24-28-27-23(19-8-4-9-26-14-19)29(24)15-17-6-2-1-3-7-17/h1-4,6-9,12-14H,5,10-11,15-16H2. The number of ether oxygens (including phenoxy) is 2. The number of hydrogen-bond donors (Lipinski definition) is 0. The Balaban J connectivity index is 1.43. The molecule has 5 rings (SSSR count). The number of benzene rings is 2. The van der Waals surface area contributed by atoms with Crippen molar-refractivity contribution in [3.63, 3.8) is 0 Å². The van der Waals surface area contributed by atoms with Gasteiger partial charge in [-0.15, -0.1) is 10.2 Å². The maximum absolute atomic E-state index is 6.47. The van der Waals surface area contributed by atoms with Gasteiger partial charge in [-0.2, -0.15) is 0 Å². The molecule has 6 nitrogen and oxygen atoms in total. The molecule has 3 heterocycles. The lowest BCUT2D eigenvalue weighted by Gasteiger charge is -2.12. The summed E-state index contributed by atoms with van der Waals surface area (Å²) in [6, 6.07) is 18.1. The molecule has 0 bridgehead atoms. The van der Waals surface area contributed by atoms with Crippen molar-refractivity contribution in [2.45, 2.75) is 23.9 Å². The average Bonchev–Trinajstić information content (AvgIpc) is 3.05. The fourth-order valence-corrected chi connectivity index (χ4v) is 4.68. The molecule has 0 atom stereocenters. The number of fused-ring (bicyclic) bond motifs is 1. The lowest BCUT2D eigenvalue weighted by Crippen LogP contribution is -2.04. The van der Waals surface area contributed by atoms with Crippen LogP contribution in [0, 0.1) is 0 Å². The van der Waals surface area contributed by atoms with Crippen molar-refractivity contribution in [3.05, 3.63) is 83.1 Å². The molecule has 0 saturated heterocycles. The Labute approximate surface area is 195 Å². The van der Waals surface area contributed by atoms with Crippen LogP contribution in [0.5, 0.6) is 11.5 Å². The van der Waals surface area contributed by atoms with Crippen LogP contribution >= 0.6 is 23.4 Å². The van der Waals surface area contributed by atoms with Crippen LogP contribution in [0.2, 0.25) is 5.02 Å². The summed E-state index contributed by atoms with van der Waals surface area (Å²) in [4.78, 5) is 4.24. The Morgan fingerprint density at radius 2 is 1.84 bits per heavy atom. The fourth-order valence-electron chi connectivity index (χ4n) is 3.53. The average molecular weight is 465 g/mol. The van der Waals surface area contributed by atoms with Gasteiger partial charge < -0.3 is 9.47 Å². The SMILES string of the molecule is Clc1cc(CSc2nnc(-c3cccnc3)n2Cc2ccccc2)cc2c1OCCCO2. The normalized spacial score (nSPS) is 13.0. The summed E-state index contributed by atoms with van der Waals surface area (Å²) in [6.07, 6.45) is 4.41. The second-order valence-electron chi connectivity index (χ2n) is 7.36. The Kier molecular flexibility index (Phi) is 6.27. The van der Waals surface area contributed by atoms with Crippen LogP contribution in [0.25, 0.3) is 11.4 Å². The van der Waals surface area contributed by atoms with Crippen molar-refractivity contribution in [1.29, 1.82) is 0 Å². The second-order valence-corrected chi connectivity index (χ2v) is 8.71. The molecule has 0 spiro atoms. The quantitative estimate of drug-likeness (QED) is 0.351. The minimum absolute atomic E-state index is 0.571. The first-order valence-electron chi connectivity index (χ1n) is 10.4. The molecule has 1 aliphatic rings. The van der Waals surface area contributed by atoms with Crippen molar-refractivity contribution in [2.24, 2.45) is 0 Å². The summed E-state index contributed by atoms with van der Waals surface area (Å²) in [7, 11) is 0. The third-order valence-electron chi connectivity index (χ3n) is 5.05. The van der Waals surface area contributed by atoms with Gasteiger partial charge in [0.2, 0.25) is 0 Å². The number of pyridine rings is 1. The second kappa shape index (κ2) is 9.63. The smallest absolute Gasteiger partial charge is 0.192 e. The van der Waals surface area contributed by atoms with Gasteiger partial charge in [0.1, 0.15) is 0 Å².